The summed E-state index contributed by atoms with van der Waals surface area (Å²) in [6.07, 6.45) is 5.41. The molecule has 2 aliphatic rings. The van der Waals surface area contributed by atoms with Crippen molar-refractivity contribution in [2.24, 2.45) is 5.73 Å². The quantitative estimate of drug-likeness (QED) is 0.0415. The first-order chi connectivity index (χ1) is 31.8. The lowest BCUT2D eigenvalue weighted by molar-refractivity contribution is -0.138. The van der Waals surface area contributed by atoms with E-state index >= 15 is 0 Å². The lowest BCUT2D eigenvalue weighted by atomic mass is 10.0. The Morgan fingerprint density at radius 1 is 0.803 bits per heavy atom. The largest absolute Gasteiger partial charge is 0.370 e. The topological polar surface area (TPSA) is 318 Å². The Labute approximate surface area is 380 Å². The van der Waals surface area contributed by atoms with Crippen LogP contribution in [0.5, 0.6) is 0 Å². The van der Waals surface area contributed by atoms with Crippen LogP contribution in [-0.2, 0) is 52.8 Å². The number of carbonyl (C=O) groups is 8. The van der Waals surface area contributed by atoms with Crippen molar-refractivity contribution in [3.05, 3.63) is 90.1 Å². The van der Waals surface area contributed by atoms with Gasteiger partial charge in [-0.1, -0.05) is 48.5 Å². The first-order valence-corrected chi connectivity index (χ1v) is 22.0. The predicted molar refractivity (Wildman–Crippen MR) is 241 cm³/mol. The number of hydrogen-bond acceptors (Lipinski definition) is 10. The third kappa shape index (κ3) is 13.0. The Bertz CT molecular complexity index is 2390. The summed E-state index contributed by atoms with van der Waals surface area (Å²) in [6, 6.07) is 7.88. The molecular formula is C45H57N13O8. The van der Waals surface area contributed by atoms with Crippen molar-refractivity contribution in [2.75, 3.05) is 13.1 Å². The molecule has 2 aromatic heterocycles. The minimum absolute atomic E-state index is 0.00113. The fraction of sp³-hybridized carbons (Fsp3) is 0.422. The summed E-state index contributed by atoms with van der Waals surface area (Å²) in [5, 5.41) is 27.6. The van der Waals surface area contributed by atoms with Gasteiger partial charge in [0.15, 0.2) is 11.7 Å². The van der Waals surface area contributed by atoms with E-state index in [1.807, 2.05) is 24.3 Å². The van der Waals surface area contributed by atoms with Crippen LogP contribution in [0.25, 0.3) is 10.9 Å². The number of fused-ring (bicyclic) bond motifs is 3. The molecule has 2 aromatic carbocycles. The number of nitrogens with two attached hydrogens (primary N) is 1. The zero-order valence-electron chi connectivity index (χ0n) is 36.6. The number of carbonyl (C=O) groups excluding carboxylic acids is 8. The highest BCUT2D eigenvalue weighted by molar-refractivity contribution is 6.08. The van der Waals surface area contributed by atoms with Crippen LogP contribution in [0.3, 0.4) is 0 Å². The molecule has 2 fully saturated rings. The van der Waals surface area contributed by atoms with Crippen LogP contribution < -0.4 is 43.0 Å². The van der Waals surface area contributed by atoms with Crippen LogP contribution >= 0.6 is 0 Å². The summed E-state index contributed by atoms with van der Waals surface area (Å²) in [5.41, 5.74) is 8.05. The molecule has 6 rings (SSSR count). The van der Waals surface area contributed by atoms with E-state index in [0.29, 0.717) is 29.7 Å². The van der Waals surface area contributed by atoms with Crippen molar-refractivity contribution in [1.29, 1.82) is 5.41 Å². The maximum absolute atomic E-state index is 14.6. The van der Waals surface area contributed by atoms with Crippen LogP contribution in [-0.4, -0.2) is 122 Å². The molecule has 12 N–H and O–H groups in total. The van der Waals surface area contributed by atoms with Gasteiger partial charge >= 0.3 is 6.03 Å². The number of imide groups is 1. The van der Waals surface area contributed by atoms with Crippen molar-refractivity contribution in [3.8, 4) is 0 Å². The smallest absolute Gasteiger partial charge is 0.325 e. The van der Waals surface area contributed by atoms with Gasteiger partial charge in [-0.15, -0.1) is 0 Å². The van der Waals surface area contributed by atoms with E-state index in [0.717, 1.165) is 15.8 Å². The summed E-state index contributed by atoms with van der Waals surface area (Å²) in [7, 11) is 0. The summed E-state index contributed by atoms with van der Waals surface area (Å²) in [4.78, 5) is 122. The SMILES string of the molecule is CC(=O)[C@@H]1CCCCNC(=O)CC[C@@H]2NC(=O)N(C2=O)[C@@H](Cc2cnc[nH]2)C(=O)N[C@H](Cc2ccccc2)C(=O)N[C@@H](CCCNC(=N)N)C(=O)N[C@@H](Cc2c[nH]c3ccccc23)C(=O)N1. The number of urea groups is 1. The van der Waals surface area contributed by atoms with Crippen molar-refractivity contribution in [3.63, 3.8) is 0 Å². The summed E-state index contributed by atoms with van der Waals surface area (Å²) in [5.74, 6) is -4.78. The number of hydrogen-bond donors (Lipinski definition) is 11. The molecule has 4 aromatic rings. The first-order valence-electron chi connectivity index (χ1n) is 22.0. The fourth-order valence-electron chi connectivity index (χ4n) is 8.06. The van der Waals surface area contributed by atoms with E-state index in [1.54, 1.807) is 36.5 Å². The molecule has 2 aliphatic heterocycles. The molecule has 21 nitrogen and oxygen atoms in total. The second-order valence-corrected chi connectivity index (χ2v) is 16.5. The molecule has 2 saturated heterocycles. The summed E-state index contributed by atoms with van der Waals surface area (Å²) >= 11 is 0. The van der Waals surface area contributed by atoms with Gasteiger partial charge in [0, 0.05) is 67.8 Å². The fourth-order valence-corrected chi connectivity index (χ4v) is 8.06. The predicted octanol–water partition coefficient (Wildman–Crippen LogP) is 0.0797. The number of amides is 8. The van der Waals surface area contributed by atoms with Gasteiger partial charge in [-0.2, -0.15) is 0 Å². The first kappa shape index (κ1) is 47.9. The van der Waals surface area contributed by atoms with Crippen molar-refractivity contribution >= 4 is 64.1 Å². The summed E-state index contributed by atoms with van der Waals surface area (Å²) < 4.78 is 0. The molecule has 2 bridgehead atoms. The number of para-hydroxylation sites is 1. The number of ketones is 1. The minimum Gasteiger partial charge on any atom is -0.370 e. The third-order valence-electron chi connectivity index (χ3n) is 11.6. The zero-order valence-corrected chi connectivity index (χ0v) is 36.6. The van der Waals surface area contributed by atoms with Gasteiger partial charge in [0.05, 0.1) is 12.4 Å². The second kappa shape index (κ2) is 22.9. The second-order valence-electron chi connectivity index (χ2n) is 16.5. The average Bonchev–Trinajstić information content (AvgIpc) is 4.03. The monoisotopic (exact) mass is 907 g/mol. The highest BCUT2D eigenvalue weighted by Crippen LogP contribution is 2.21. The van der Waals surface area contributed by atoms with Gasteiger partial charge in [-0.3, -0.25) is 39.0 Å². The Hall–Kier alpha value is -7.58. The van der Waals surface area contributed by atoms with E-state index in [4.69, 9.17) is 11.1 Å². The molecule has 350 valence electrons. The van der Waals surface area contributed by atoms with Crippen LogP contribution in [0.15, 0.2) is 73.3 Å². The normalized spacial score (nSPS) is 23.1. The van der Waals surface area contributed by atoms with E-state index in [2.05, 4.69) is 52.2 Å². The maximum atomic E-state index is 14.6. The molecule has 0 aliphatic carbocycles. The lowest BCUT2D eigenvalue weighted by Crippen LogP contribution is -2.60. The van der Waals surface area contributed by atoms with Gasteiger partial charge in [-0.25, -0.2) is 14.7 Å². The van der Waals surface area contributed by atoms with Gasteiger partial charge in [0.1, 0.15) is 30.2 Å². The number of aromatic nitrogens is 3. The highest BCUT2D eigenvalue weighted by atomic mass is 16.2. The number of guanidine groups is 1. The molecule has 0 saturated carbocycles. The molecule has 0 unspecified atom stereocenters. The van der Waals surface area contributed by atoms with E-state index in [-0.39, 0.29) is 82.1 Å². The van der Waals surface area contributed by atoms with Crippen LogP contribution in [0.4, 0.5) is 4.79 Å². The Morgan fingerprint density at radius 3 is 2.24 bits per heavy atom. The molecule has 6 atom stereocenters. The third-order valence-corrected chi connectivity index (χ3v) is 11.6. The van der Waals surface area contributed by atoms with Crippen molar-refractivity contribution in [1.82, 2.24) is 57.1 Å². The number of benzene rings is 2. The maximum Gasteiger partial charge on any atom is 0.325 e. The van der Waals surface area contributed by atoms with Gasteiger partial charge in [0.25, 0.3) is 5.91 Å². The van der Waals surface area contributed by atoms with Gasteiger partial charge in [-0.05, 0) is 62.6 Å². The number of H-pyrrole nitrogens is 2. The molecule has 66 heavy (non-hydrogen) atoms. The molecule has 21 heteroatoms. The Balaban J connectivity index is 1.35. The average molecular weight is 908 g/mol. The molecule has 0 radical (unpaired) electrons. The van der Waals surface area contributed by atoms with Crippen molar-refractivity contribution < 1.29 is 38.4 Å². The van der Waals surface area contributed by atoms with Crippen LogP contribution in [0.2, 0.25) is 0 Å². The highest BCUT2D eigenvalue weighted by Gasteiger charge is 2.45. The Morgan fingerprint density at radius 2 is 1.50 bits per heavy atom. The molecule has 8 amide bonds. The number of nitrogens with zero attached hydrogens (tertiary/aromatic N) is 2. The summed E-state index contributed by atoms with van der Waals surface area (Å²) in [6.45, 7) is 1.74. The van der Waals surface area contributed by atoms with E-state index in [1.165, 1.54) is 19.4 Å². The van der Waals surface area contributed by atoms with E-state index in [9.17, 15) is 38.4 Å². The van der Waals surface area contributed by atoms with Gasteiger partial charge < -0.3 is 52.9 Å². The number of nitrogens with one attached hydrogen (secondary N) is 10. The van der Waals surface area contributed by atoms with Crippen molar-refractivity contribution in [2.45, 2.75) is 107 Å². The standard InChI is InChI=1S/C45H57N13O8/c1-26(59)31-13-7-8-18-49-38(60)17-16-34-43(65)58(45(66)57-34)37(22-29-24-48-25-52-29)42(64)56-35(20-27-10-3-2-4-11-27)40(62)54-33(15-9-19-50-44(46)47)39(61)55-36(41(63)53-31)21-28-23-51-32-14-6-5-12-30(28)32/h2-6,10-12,14,23-25,31,33-37,51H,7-9,13,15-22H2,1H3,(H,48,52)(H,49,60)(H,53,63)(H,54,62)(H,55,61)(H,56,64)(H,57,66)(H4,46,47,50)/t31-,33-,34-,35+,36-,37-/m0/s1. The number of imidazole rings is 1. The van der Waals surface area contributed by atoms with Crippen LogP contribution in [0, 0.1) is 5.41 Å². The van der Waals surface area contributed by atoms with Crippen LogP contribution in [0.1, 0.15) is 68.7 Å². The minimum atomic E-state index is -1.48. The molecule has 4 heterocycles. The number of Topliss-reactive ketones (excluding diaryl/α,β-unsaturated/α-hetero) is 1. The Kier molecular flexibility index (Phi) is 16.6. The molecule has 0 spiro atoms. The number of aromatic amines is 2. The zero-order chi connectivity index (χ0) is 47.2. The lowest BCUT2D eigenvalue weighted by Gasteiger charge is -2.29. The van der Waals surface area contributed by atoms with E-state index < -0.39 is 71.8 Å². The number of rotatable bonds is 11. The molecular weight excluding hydrogens is 851 g/mol. The van der Waals surface area contributed by atoms with Gasteiger partial charge in [0.2, 0.25) is 29.5 Å².